The molecule has 6 nitrogen and oxygen atoms in total. The van der Waals surface area contributed by atoms with Crippen LogP contribution in [-0.2, 0) is 17.7 Å². The predicted octanol–water partition coefficient (Wildman–Crippen LogP) is 7.23. The summed E-state index contributed by atoms with van der Waals surface area (Å²) in [6.07, 6.45) is 4.03. The average Bonchev–Trinajstić information content (AvgIpc) is 3.33. The minimum Gasteiger partial charge on any atom is -0.496 e. The number of benzene rings is 4. The number of esters is 1. The van der Waals surface area contributed by atoms with Crippen LogP contribution in [0.2, 0.25) is 0 Å². The van der Waals surface area contributed by atoms with Crippen LogP contribution in [0.1, 0.15) is 49.4 Å². The number of aromatic nitrogens is 1. The smallest absolute Gasteiger partial charge is 0.337 e. The van der Waals surface area contributed by atoms with Crippen molar-refractivity contribution < 1.29 is 24.2 Å². The van der Waals surface area contributed by atoms with Gasteiger partial charge >= 0.3 is 11.9 Å². The fraction of sp³-hybridized carbons (Fsp3) is 0.143. The molecular weight excluding hydrogens is 514 g/mol. The number of fused-ring (bicyclic) bond motifs is 2. The number of carboxylic acid groups (broad SMARTS) is 1. The lowest BCUT2D eigenvalue weighted by molar-refractivity contribution is 0.0599. The van der Waals surface area contributed by atoms with Crippen LogP contribution in [0.4, 0.5) is 0 Å². The van der Waals surface area contributed by atoms with Gasteiger partial charge < -0.3 is 19.1 Å². The van der Waals surface area contributed by atoms with E-state index in [1.807, 2.05) is 48.5 Å². The molecule has 0 fully saturated rings. The lowest BCUT2D eigenvalue weighted by Crippen LogP contribution is -2.06. The SMILES string of the molecule is COC(=O)c1ccc(Cn2c(-c3ccccc3)c(C3=CCCc4c(OC)cccc43)c3ccc(C(=O)O)cc32)cc1. The van der Waals surface area contributed by atoms with Crippen LogP contribution in [0.25, 0.3) is 27.7 Å². The molecule has 1 N–H and O–H groups in total. The molecule has 0 atom stereocenters. The summed E-state index contributed by atoms with van der Waals surface area (Å²) in [5.74, 6) is -0.492. The number of rotatable bonds is 7. The molecule has 0 bridgehead atoms. The van der Waals surface area contributed by atoms with Gasteiger partial charge in [0.05, 0.1) is 36.6 Å². The van der Waals surface area contributed by atoms with E-state index in [4.69, 9.17) is 9.47 Å². The highest BCUT2D eigenvalue weighted by Crippen LogP contribution is 2.45. The Labute approximate surface area is 238 Å². The third kappa shape index (κ3) is 4.67. The summed E-state index contributed by atoms with van der Waals surface area (Å²) in [6.45, 7) is 0.476. The number of carbonyl (C=O) groups is 2. The van der Waals surface area contributed by atoms with E-state index in [0.717, 1.165) is 63.0 Å². The maximum absolute atomic E-state index is 12.1. The van der Waals surface area contributed by atoms with Gasteiger partial charge in [-0.3, -0.25) is 0 Å². The summed E-state index contributed by atoms with van der Waals surface area (Å²) in [7, 11) is 3.07. The molecule has 1 aromatic heterocycles. The van der Waals surface area contributed by atoms with E-state index in [0.29, 0.717) is 12.1 Å². The molecule has 0 saturated carbocycles. The van der Waals surface area contributed by atoms with Crippen LogP contribution >= 0.6 is 0 Å². The molecule has 41 heavy (non-hydrogen) atoms. The first-order valence-corrected chi connectivity index (χ1v) is 13.5. The first kappa shape index (κ1) is 26.1. The van der Waals surface area contributed by atoms with E-state index < -0.39 is 5.97 Å². The quantitative estimate of drug-likeness (QED) is 0.219. The van der Waals surface area contributed by atoms with Gasteiger partial charge in [-0.15, -0.1) is 0 Å². The maximum Gasteiger partial charge on any atom is 0.337 e. The molecule has 0 aliphatic heterocycles. The van der Waals surface area contributed by atoms with Crippen LogP contribution in [-0.4, -0.2) is 35.8 Å². The maximum atomic E-state index is 12.1. The minimum atomic E-state index is -0.975. The summed E-state index contributed by atoms with van der Waals surface area (Å²) >= 11 is 0. The van der Waals surface area contributed by atoms with Crippen molar-refractivity contribution in [1.29, 1.82) is 0 Å². The second kappa shape index (κ2) is 10.8. The lowest BCUT2D eigenvalue weighted by atomic mass is 9.84. The van der Waals surface area contributed by atoms with Gasteiger partial charge in [-0.2, -0.15) is 0 Å². The lowest BCUT2D eigenvalue weighted by Gasteiger charge is -2.22. The molecule has 204 valence electrons. The number of methoxy groups -OCH3 is 2. The Morgan fingerprint density at radius 2 is 1.63 bits per heavy atom. The second-order valence-corrected chi connectivity index (χ2v) is 10.0. The van der Waals surface area contributed by atoms with Gasteiger partial charge in [-0.05, 0) is 65.4 Å². The number of allylic oxidation sites excluding steroid dienone is 1. The summed E-state index contributed by atoms with van der Waals surface area (Å²) in [4.78, 5) is 24.1. The molecule has 6 rings (SSSR count). The zero-order chi connectivity index (χ0) is 28.5. The molecule has 1 aliphatic carbocycles. The Kier molecular flexibility index (Phi) is 6.89. The molecule has 1 aliphatic rings. The third-order valence-corrected chi connectivity index (χ3v) is 7.73. The first-order valence-electron chi connectivity index (χ1n) is 13.5. The summed E-state index contributed by atoms with van der Waals surface area (Å²) in [5.41, 5.74) is 8.99. The number of aromatic carboxylic acids is 1. The standard InChI is InChI=1S/C35H29NO5/c1-40-31-13-7-10-26-27(31)11-6-12-28(26)32-29-19-18-25(34(37)38)20-30(29)36(33(32)23-8-4-3-5-9-23)21-22-14-16-24(17-15-22)35(39)41-2/h3-5,7-10,12-20H,6,11,21H2,1-2H3,(H,37,38). The zero-order valence-electron chi connectivity index (χ0n) is 22.9. The van der Waals surface area contributed by atoms with Gasteiger partial charge in [0.1, 0.15) is 5.75 Å². The molecule has 0 unspecified atom stereocenters. The minimum absolute atomic E-state index is 0.225. The van der Waals surface area contributed by atoms with Crippen LogP contribution in [0.3, 0.4) is 0 Å². The van der Waals surface area contributed by atoms with Gasteiger partial charge in [-0.1, -0.05) is 66.7 Å². The molecule has 4 aromatic carbocycles. The van der Waals surface area contributed by atoms with Crippen molar-refractivity contribution in [1.82, 2.24) is 4.57 Å². The third-order valence-electron chi connectivity index (χ3n) is 7.73. The topological polar surface area (TPSA) is 77.8 Å². The molecule has 0 radical (unpaired) electrons. The Morgan fingerprint density at radius 1 is 0.878 bits per heavy atom. The van der Waals surface area contributed by atoms with Crippen LogP contribution in [0, 0.1) is 0 Å². The molecule has 0 saturated heterocycles. The average molecular weight is 544 g/mol. The zero-order valence-corrected chi connectivity index (χ0v) is 22.9. The van der Waals surface area contributed by atoms with E-state index >= 15 is 0 Å². The van der Waals surface area contributed by atoms with Crippen molar-refractivity contribution in [3.63, 3.8) is 0 Å². The monoisotopic (exact) mass is 543 g/mol. The van der Waals surface area contributed by atoms with E-state index in [2.05, 4.69) is 28.8 Å². The molecule has 6 heteroatoms. The fourth-order valence-electron chi connectivity index (χ4n) is 5.84. The highest BCUT2D eigenvalue weighted by atomic mass is 16.5. The molecule has 1 heterocycles. The highest BCUT2D eigenvalue weighted by molar-refractivity contribution is 6.06. The van der Waals surface area contributed by atoms with Gasteiger partial charge in [0.15, 0.2) is 0 Å². The summed E-state index contributed by atoms with van der Waals surface area (Å²) in [6, 6.07) is 29.0. The molecule has 0 spiro atoms. The Bertz CT molecular complexity index is 1810. The number of hydrogen-bond acceptors (Lipinski definition) is 4. The van der Waals surface area contributed by atoms with Crippen molar-refractivity contribution in [3.8, 4) is 17.0 Å². The van der Waals surface area contributed by atoms with E-state index in [1.54, 1.807) is 31.4 Å². The molecule has 0 amide bonds. The van der Waals surface area contributed by atoms with Gasteiger partial charge in [0, 0.05) is 23.1 Å². The van der Waals surface area contributed by atoms with E-state index in [1.165, 1.54) is 12.7 Å². The van der Waals surface area contributed by atoms with Gasteiger partial charge in [-0.25, -0.2) is 9.59 Å². The van der Waals surface area contributed by atoms with Crippen molar-refractivity contribution in [3.05, 3.63) is 130 Å². The van der Waals surface area contributed by atoms with Crippen LogP contribution < -0.4 is 4.74 Å². The van der Waals surface area contributed by atoms with Crippen molar-refractivity contribution in [2.45, 2.75) is 19.4 Å². The highest BCUT2D eigenvalue weighted by Gasteiger charge is 2.26. The largest absolute Gasteiger partial charge is 0.496 e. The molecular formula is C35H29NO5. The number of hydrogen-bond donors (Lipinski definition) is 1. The van der Waals surface area contributed by atoms with Crippen molar-refractivity contribution in [2.75, 3.05) is 14.2 Å². The normalized spacial score (nSPS) is 12.5. The van der Waals surface area contributed by atoms with Crippen molar-refractivity contribution in [2.24, 2.45) is 0 Å². The Hall–Kier alpha value is -5.10. The van der Waals surface area contributed by atoms with Crippen molar-refractivity contribution >= 4 is 28.4 Å². The second-order valence-electron chi connectivity index (χ2n) is 10.0. The van der Waals surface area contributed by atoms with Gasteiger partial charge in [0.2, 0.25) is 0 Å². The first-order chi connectivity index (χ1) is 20.0. The Balaban J connectivity index is 1.64. The van der Waals surface area contributed by atoms with Crippen LogP contribution in [0.15, 0.2) is 97.1 Å². The number of carbonyl (C=O) groups excluding carboxylic acids is 1. The number of ether oxygens (including phenoxy) is 2. The van der Waals surface area contributed by atoms with Gasteiger partial charge in [0.25, 0.3) is 0 Å². The molecule has 5 aromatic rings. The van der Waals surface area contributed by atoms with E-state index in [-0.39, 0.29) is 11.5 Å². The summed E-state index contributed by atoms with van der Waals surface area (Å²) in [5, 5.41) is 10.9. The van der Waals surface area contributed by atoms with Crippen LogP contribution in [0.5, 0.6) is 5.75 Å². The number of carboxylic acids is 1. The van der Waals surface area contributed by atoms with E-state index in [9.17, 15) is 14.7 Å². The Morgan fingerprint density at radius 3 is 2.34 bits per heavy atom. The fourth-order valence-corrected chi connectivity index (χ4v) is 5.84. The number of nitrogens with zero attached hydrogens (tertiary/aromatic N) is 1. The predicted molar refractivity (Wildman–Crippen MR) is 160 cm³/mol. The summed E-state index contributed by atoms with van der Waals surface area (Å²) < 4.78 is 12.8.